The van der Waals surface area contributed by atoms with Crippen LogP contribution < -0.4 is 0 Å². The first-order chi connectivity index (χ1) is 44.7. The van der Waals surface area contributed by atoms with Crippen molar-refractivity contribution in [1.29, 1.82) is 0 Å². The zero-order valence-electron chi connectivity index (χ0n) is 49.9. The minimum atomic E-state index is 0. The molecule has 1 aliphatic rings. The number of allylic oxidation sites excluding steroid dienone is 2. The third kappa shape index (κ3) is 19.1. The molecule has 15 rings (SSSR count). The van der Waals surface area contributed by atoms with E-state index in [9.17, 15) is 0 Å². The van der Waals surface area contributed by atoms with Crippen molar-refractivity contribution in [3.63, 3.8) is 0 Å². The van der Waals surface area contributed by atoms with Crippen LogP contribution in [0.5, 0.6) is 0 Å². The van der Waals surface area contributed by atoms with Gasteiger partial charge in [-0.2, -0.15) is 0 Å². The van der Waals surface area contributed by atoms with Crippen molar-refractivity contribution in [3.8, 4) is 101 Å². The van der Waals surface area contributed by atoms with Crippen molar-refractivity contribution in [2.45, 2.75) is 0 Å². The van der Waals surface area contributed by atoms with Crippen LogP contribution in [-0.2, 0) is 40.2 Å². The molecule has 7 aromatic carbocycles. The smallest absolute Gasteiger partial charge is 0.679 e. The van der Waals surface area contributed by atoms with Gasteiger partial charge in [-0.05, 0) is 128 Å². The Hall–Kier alpha value is -10.8. The largest absolute Gasteiger partial charge is 3.00 e. The molecule has 0 aliphatic carbocycles. The summed E-state index contributed by atoms with van der Waals surface area (Å²) in [7, 11) is 0. The summed E-state index contributed by atoms with van der Waals surface area (Å²) in [5.41, 5.74) is 20.9. The van der Waals surface area contributed by atoms with E-state index in [1.165, 1.54) is 22.3 Å². The second-order valence-corrected chi connectivity index (χ2v) is 20.1. The summed E-state index contributed by atoms with van der Waals surface area (Å²) in [6, 6.07) is 108. The van der Waals surface area contributed by atoms with E-state index < -0.39 is 0 Å². The van der Waals surface area contributed by atoms with Gasteiger partial charge in [0, 0.05) is 69.2 Å². The summed E-state index contributed by atoms with van der Waals surface area (Å²) in [6.45, 7) is 0.705. The normalized spacial score (nSPS) is 10.7. The Morgan fingerprint density at radius 1 is 0.261 bits per heavy atom. The van der Waals surface area contributed by atoms with Crippen LogP contribution in [-0.4, -0.2) is 41.4 Å². The van der Waals surface area contributed by atoms with Gasteiger partial charge in [-0.1, -0.05) is 140 Å². The molecule has 0 fully saturated rings. The molecule has 8 heterocycles. The molecule has 92 heavy (non-hydrogen) atoms. The summed E-state index contributed by atoms with van der Waals surface area (Å²) in [6.07, 6.45) is 18.7. The van der Waals surface area contributed by atoms with E-state index in [4.69, 9.17) is 0 Å². The van der Waals surface area contributed by atoms with Gasteiger partial charge in [-0.3, -0.25) is 15.0 Å². The van der Waals surface area contributed by atoms with E-state index in [1.54, 1.807) is 31.0 Å². The summed E-state index contributed by atoms with van der Waals surface area (Å²) < 4.78 is 0. The first-order valence-electron chi connectivity index (χ1n) is 29.4. The Bertz CT molecular complexity index is 4000. The zero-order chi connectivity index (χ0) is 61.0. The zero-order valence-corrected chi connectivity index (χ0v) is 54.7. The quantitative estimate of drug-likeness (QED) is 0.126. The molecule has 0 unspecified atom stereocenters. The average Bonchev–Trinajstić information content (AvgIpc) is 1.29. The number of hydrogen-bond acceptors (Lipinski definition) is 7. The van der Waals surface area contributed by atoms with Crippen molar-refractivity contribution in [2.24, 2.45) is 0 Å². The van der Waals surface area contributed by atoms with E-state index in [2.05, 4.69) is 149 Å². The Balaban J connectivity index is 0.000000161. The molecule has 1 radical (unpaired) electrons. The van der Waals surface area contributed by atoms with Crippen LogP contribution >= 0.6 is 0 Å². The molecule has 0 N–H and O–H groups in total. The Morgan fingerprint density at radius 3 is 0.826 bits per heavy atom. The van der Waals surface area contributed by atoms with Crippen LogP contribution in [0.2, 0.25) is 0 Å². The molecular weight excluding hydrogens is 1480 g/mol. The first-order valence-corrected chi connectivity index (χ1v) is 29.4. The van der Waals surface area contributed by atoms with E-state index in [1.807, 2.05) is 231 Å². The van der Waals surface area contributed by atoms with Gasteiger partial charge < -0.3 is 25.3 Å². The summed E-state index contributed by atoms with van der Waals surface area (Å²) in [4.78, 5) is 30.3. The van der Waals surface area contributed by atoms with Crippen LogP contribution in [0, 0.1) is 24.3 Å². The van der Waals surface area contributed by atoms with Crippen molar-refractivity contribution in [3.05, 3.63) is 382 Å². The summed E-state index contributed by atoms with van der Waals surface area (Å²) in [5, 5.41) is 4.56. The summed E-state index contributed by atoms with van der Waals surface area (Å²) >= 11 is 0. The van der Waals surface area contributed by atoms with Crippen molar-refractivity contribution in [1.82, 2.24) is 34.9 Å². The molecule has 0 amide bonds. The molecule has 0 saturated carbocycles. The van der Waals surface area contributed by atoms with Gasteiger partial charge in [0.05, 0.1) is 11.4 Å². The molecule has 0 atom stereocenters. The molecule has 7 aromatic heterocycles. The van der Waals surface area contributed by atoms with Crippen molar-refractivity contribution in [2.75, 3.05) is 6.54 Å². The fourth-order valence-electron chi connectivity index (χ4n) is 9.47. The number of pyridine rings is 7. The number of aromatic nitrogens is 7. The Morgan fingerprint density at radius 2 is 0.543 bits per heavy atom. The van der Waals surface area contributed by atoms with E-state index in [0.717, 1.165) is 90.1 Å². The molecule has 8 nitrogen and oxygen atoms in total. The van der Waals surface area contributed by atoms with Crippen molar-refractivity contribution >= 4 is 5.70 Å². The maximum absolute atomic E-state index is 4.56. The molecule has 10 heteroatoms. The molecule has 447 valence electrons. The molecule has 14 aromatic rings. The van der Waals surface area contributed by atoms with Gasteiger partial charge in [0.2, 0.25) is 0 Å². The predicted octanol–water partition coefficient (Wildman–Crippen LogP) is 19.7. The maximum atomic E-state index is 4.56. The van der Waals surface area contributed by atoms with Gasteiger partial charge >= 0.3 is 20.1 Å². The fraction of sp³-hybridized carbons (Fsp3) is 0.0122. The van der Waals surface area contributed by atoms with Crippen LogP contribution in [0.25, 0.3) is 112 Å². The number of rotatable bonds is 10. The standard InChI is InChI=1S/C38H27N4.4C11H8N.2Ir/c1-3-21-39-35(5-1)37-25-33(19-23-41-37)31-15-11-29(12-16-31)27-7-9-28(10-8-27)30-13-17-32(18-14-30)34-20-24-42-38(26-34)36-6-2-4-22-40-36;4*1-2-6-10(7-3-1)11-8-4-5-9-12-11;;/h1-21,23-26H,22H2;4*1-6,8-9H;;/q5*-1;;+3. The minimum Gasteiger partial charge on any atom is -0.679 e. The first kappa shape index (κ1) is 65.6. The predicted molar refractivity (Wildman–Crippen MR) is 366 cm³/mol. The monoisotopic (exact) mass is 1540 g/mol. The number of nitrogens with zero attached hydrogens (tertiary/aromatic N) is 8. The van der Waals surface area contributed by atoms with Gasteiger partial charge in [0.15, 0.2) is 0 Å². The Labute approximate surface area is 566 Å². The van der Waals surface area contributed by atoms with Gasteiger partial charge in [0.1, 0.15) is 0 Å². The van der Waals surface area contributed by atoms with Crippen LogP contribution in [0.4, 0.5) is 0 Å². The molecule has 0 saturated heterocycles. The van der Waals surface area contributed by atoms with Crippen LogP contribution in [0.15, 0.2) is 347 Å². The molecule has 0 bridgehead atoms. The van der Waals surface area contributed by atoms with Gasteiger partial charge in [-0.15, -0.1) is 162 Å². The van der Waals surface area contributed by atoms with Crippen LogP contribution in [0.3, 0.4) is 0 Å². The van der Waals surface area contributed by atoms with Gasteiger partial charge in [0.25, 0.3) is 0 Å². The average molecular weight is 1540 g/mol. The summed E-state index contributed by atoms with van der Waals surface area (Å²) in [5.74, 6) is 0. The molecule has 1 aliphatic heterocycles. The van der Waals surface area contributed by atoms with E-state index >= 15 is 0 Å². The molecular formula is C82H59Ir2N8-2. The third-order valence-corrected chi connectivity index (χ3v) is 14.1. The van der Waals surface area contributed by atoms with Crippen molar-refractivity contribution < 1.29 is 40.2 Å². The maximum Gasteiger partial charge on any atom is 3.00 e. The third-order valence-electron chi connectivity index (χ3n) is 14.1. The Kier molecular flexibility index (Phi) is 25.2. The van der Waals surface area contributed by atoms with E-state index in [-0.39, 0.29) is 40.2 Å². The topological polar surface area (TPSA) is 104 Å². The minimum absolute atomic E-state index is 0. The fourth-order valence-corrected chi connectivity index (χ4v) is 9.47. The number of benzene rings is 7. The second-order valence-electron chi connectivity index (χ2n) is 20.1. The second kappa shape index (κ2) is 35.4. The van der Waals surface area contributed by atoms with E-state index in [0.29, 0.717) is 6.54 Å². The van der Waals surface area contributed by atoms with Crippen LogP contribution in [0.1, 0.15) is 5.69 Å². The SMILES string of the molecule is C1=CC[N-]C(c2cc(-c3ccc(-c4ccc(-c5ccc(-c6ccnc(-c7ccccn7)c6)cc5)cc4)cc3)ccn2)=C1.[Ir+3].[Ir].[c-]1ccccc1-c1ccccn1.[c-]1ccccc1-c1ccccn1.[c-]1ccccc1-c1ccccn1.[c-]1ccccc1-c1ccccn1. The number of hydrogen-bond donors (Lipinski definition) is 0. The van der Waals surface area contributed by atoms with Gasteiger partial charge in [-0.25, -0.2) is 0 Å². The molecule has 0 spiro atoms.